The number of hydrazone groups is 1. The maximum Gasteiger partial charge on any atom is 0.417 e. The standard InChI is InChI=1S/C14H12ClF3N6/c15-11-4-10(14(16,17)18)7-21-12(11)8-22-13(19)24-23-6-9-2-1-3-20-5-9/h1-7H,8H2,(H3,19,22,24)/b23-6+. The van der Waals surface area contributed by atoms with E-state index in [2.05, 4.69) is 25.5 Å². The number of rotatable bonds is 4. The molecule has 0 aliphatic heterocycles. The minimum atomic E-state index is -4.50. The van der Waals surface area contributed by atoms with Gasteiger partial charge in [-0.3, -0.25) is 9.97 Å². The summed E-state index contributed by atoms with van der Waals surface area (Å²) in [6.07, 6.45) is 0.908. The number of aliphatic imine (C=N–C) groups is 1. The van der Waals surface area contributed by atoms with E-state index in [1.54, 1.807) is 24.5 Å². The van der Waals surface area contributed by atoms with Gasteiger partial charge in [0, 0.05) is 24.2 Å². The van der Waals surface area contributed by atoms with Crippen LogP contribution in [0.1, 0.15) is 16.8 Å². The average molecular weight is 357 g/mol. The molecule has 24 heavy (non-hydrogen) atoms. The Balaban J connectivity index is 1.96. The summed E-state index contributed by atoms with van der Waals surface area (Å²) in [6.45, 7) is -0.0851. The first-order valence-electron chi connectivity index (χ1n) is 6.57. The van der Waals surface area contributed by atoms with Crippen molar-refractivity contribution >= 4 is 23.8 Å². The molecule has 2 heterocycles. The predicted molar refractivity (Wildman–Crippen MR) is 84.5 cm³/mol. The van der Waals surface area contributed by atoms with E-state index < -0.39 is 11.7 Å². The second-order valence-electron chi connectivity index (χ2n) is 4.51. The number of guanidine groups is 1. The van der Waals surface area contributed by atoms with Crippen LogP contribution in [0.4, 0.5) is 13.2 Å². The van der Waals surface area contributed by atoms with Crippen molar-refractivity contribution in [2.45, 2.75) is 12.7 Å². The highest BCUT2D eigenvalue weighted by Crippen LogP contribution is 2.31. The Labute approximate surface area is 140 Å². The zero-order valence-corrected chi connectivity index (χ0v) is 12.9. The van der Waals surface area contributed by atoms with Crippen molar-refractivity contribution in [2.24, 2.45) is 15.8 Å². The van der Waals surface area contributed by atoms with E-state index in [-0.39, 0.29) is 23.2 Å². The van der Waals surface area contributed by atoms with E-state index in [4.69, 9.17) is 17.3 Å². The molecule has 0 aromatic carbocycles. The third-order valence-electron chi connectivity index (χ3n) is 2.72. The molecular formula is C14H12ClF3N6. The van der Waals surface area contributed by atoms with Gasteiger partial charge in [-0.2, -0.15) is 18.3 Å². The molecular weight excluding hydrogens is 345 g/mol. The van der Waals surface area contributed by atoms with Gasteiger partial charge in [0.1, 0.15) is 0 Å². The smallest absolute Gasteiger partial charge is 0.369 e. The van der Waals surface area contributed by atoms with Gasteiger partial charge >= 0.3 is 6.18 Å². The van der Waals surface area contributed by atoms with Gasteiger partial charge in [0.2, 0.25) is 5.96 Å². The number of halogens is 4. The molecule has 2 aromatic rings. The number of alkyl halides is 3. The third kappa shape index (κ3) is 5.20. The quantitative estimate of drug-likeness (QED) is 0.500. The molecule has 0 spiro atoms. The zero-order chi connectivity index (χ0) is 17.6. The highest BCUT2D eigenvalue weighted by molar-refractivity contribution is 6.31. The van der Waals surface area contributed by atoms with Crippen molar-refractivity contribution in [2.75, 3.05) is 0 Å². The van der Waals surface area contributed by atoms with Gasteiger partial charge in [0.15, 0.2) is 0 Å². The summed E-state index contributed by atoms with van der Waals surface area (Å²) >= 11 is 5.77. The number of hydrogen-bond acceptors (Lipinski definition) is 4. The van der Waals surface area contributed by atoms with E-state index in [1.807, 2.05) is 0 Å². The predicted octanol–water partition coefficient (Wildman–Crippen LogP) is 2.59. The van der Waals surface area contributed by atoms with Crippen molar-refractivity contribution in [3.05, 3.63) is 58.6 Å². The molecule has 0 unspecified atom stereocenters. The van der Waals surface area contributed by atoms with Crippen LogP contribution in [0.15, 0.2) is 46.9 Å². The fourth-order valence-electron chi connectivity index (χ4n) is 1.56. The first kappa shape index (κ1) is 17.7. The summed E-state index contributed by atoms with van der Waals surface area (Å²) < 4.78 is 37.5. The Morgan fingerprint density at radius 2 is 2.17 bits per heavy atom. The number of nitrogens with one attached hydrogen (secondary N) is 1. The highest BCUT2D eigenvalue weighted by atomic mass is 35.5. The van der Waals surface area contributed by atoms with Crippen LogP contribution in [-0.4, -0.2) is 22.1 Å². The van der Waals surface area contributed by atoms with Crippen molar-refractivity contribution in [1.82, 2.24) is 15.4 Å². The number of pyridine rings is 2. The number of nitrogens with two attached hydrogens (primary N) is 1. The van der Waals surface area contributed by atoms with Crippen LogP contribution in [-0.2, 0) is 12.7 Å². The Morgan fingerprint density at radius 3 is 2.79 bits per heavy atom. The van der Waals surface area contributed by atoms with Gasteiger partial charge in [0.25, 0.3) is 0 Å². The summed E-state index contributed by atoms with van der Waals surface area (Å²) in [5.41, 5.74) is 8.07. The summed E-state index contributed by atoms with van der Waals surface area (Å²) in [5, 5.41) is 3.71. The molecule has 6 nitrogen and oxygen atoms in total. The van der Waals surface area contributed by atoms with Gasteiger partial charge < -0.3 is 5.73 Å². The van der Waals surface area contributed by atoms with E-state index >= 15 is 0 Å². The average Bonchev–Trinajstić information content (AvgIpc) is 2.54. The molecule has 2 aromatic heterocycles. The molecule has 0 atom stereocenters. The van der Waals surface area contributed by atoms with Crippen LogP contribution in [0.5, 0.6) is 0 Å². The van der Waals surface area contributed by atoms with E-state index in [0.717, 1.165) is 11.6 Å². The topological polar surface area (TPSA) is 88.5 Å². The second kappa shape index (κ2) is 7.73. The van der Waals surface area contributed by atoms with Crippen molar-refractivity contribution in [3.63, 3.8) is 0 Å². The molecule has 0 aliphatic rings. The van der Waals surface area contributed by atoms with Gasteiger partial charge in [-0.25, -0.2) is 10.4 Å². The summed E-state index contributed by atoms with van der Waals surface area (Å²) in [6, 6.07) is 4.33. The summed E-state index contributed by atoms with van der Waals surface area (Å²) in [5.74, 6) is -0.0343. The van der Waals surface area contributed by atoms with Crippen LogP contribution in [0.2, 0.25) is 5.02 Å². The molecule has 2 rings (SSSR count). The number of nitrogens with zero attached hydrogens (tertiary/aromatic N) is 4. The van der Waals surface area contributed by atoms with Crippen LogP contribution >= 0.6 is 11.6 Å². The maximum absolute atomic E-state index is 12.5. The Morgan fingerprint density at radius 1 is 1.38 bits per heavy atom. The summed E-state index contributed by atoms with van der Waals surface area (Å²) in [7, 11) is 0. The normalized spacial score (nSPS) is 12.6. The molecule has 0 fully saturated rings. The van der Waals surface area contributed by atoms with E-state index in [1.165, 1.54) is 6.21 Å². The third-order valence-corrected chi connectivity index (χ3v) is 3.05. The van der Waals surface area contributed by atoms with Gasteiger partial charge in [-0.1, -0.05) is 17.7 Å². The maximum atomic E-state index is 12.5. The Bertz CT molecular complexity index is 746. The largest absolute Gasteiger partial charge is 0.417 e. The Kier molecular flexibility index (Phi) is 5.69. The van der Waals surface area contributed by atoms with E-state index in [0.29, 0.717) is 6.20 Å². The minimum Gasteiger partial charge on any atom is -0.369 e. The first-order chi connectivity index (χ1) is 11.4. The fourth-order valence-corrected chi connectivity index (χ4v) is 1.78. The van der Waals surface area contributed by atoms with Crippen molar-refractivity contribution in [3.8, 4) is 0 Å². The SMILES string of the molecule is NC(=NCc1ncc(C(F)(F)F)cc1Cl)N/N=C/c1cccnc1. The highest BCUT2D eigenvalue weighted by Gasteiger charge is 2.31. The van der Waals surface area contributed by atoms with Crippen LogP contribution in [0.3, 0.4) is 0 Å². The molecule has 0 aliphatic carbocycles. The number of aromatic nitrogens is 2. The zero-order valence-electron chi connectivity index (χ0n) is 12.1. The summed E-state index contributed by atoms with van der Waals surface area (Å²) in [4.78, 5) is 11.5. The van der Waals surface area contributed by atoms with Gasteiger partial charge in [-0.15, -0.1) is 0 Å². The monoisotopic (exact) mass is 356 g/mol. The first-order valence-corrected chi connectivity index (χ1v) is 6.94. The second-order valence-corrected chi connectivity index (χ2v) is 4.92. The molecule has 126 valence electrons. The lowest BCUT2D eigenvalue weighted by Crippen LogP contribution is -2.27. The molecule has 0 radical (unpaired) electrons. The lowest BCUT2D eigenvalue weighted by Gasteiger charge is -2.08. The van der Waals surface area contributed by atoms with Crippen LogP contribution in [0, 0.1) is 0 Å². The lowest BCUT2D eigenvalue weighted by atomic mass is 10.2. The van der Waals surface area contributed by atoms with Crippen molar-refractivity contribution in [1.29, 1.82) is 0 Å². The molecule has 10 heteroatoms. The molecule has 0 amide bonds. The Hall–Kier alpha value is -2.68. The lowest BCUT2D eigenvalue weighted by molar-refractivity contribution is -0.137. The van der Waals surface area contributed by atoms with Gasteiger partial charge in [-0.05, 0) is 12.1 Å². The van der Waals surface area contributed by atoms with E-state index in [9.17, 15) is 13.2 Å². The minimum absolute atomic E-state index is 0.0343. The molecule has 0 saturated heterocycles. The molecule has 0 bridgehead atoms. The van der Waals surface area contributed by atoms with Crippen molar-refractivity contribution < 1.29 is 13.2 Å². The van der Waals surface area contributed by atoms with Crippen LogP contribution < -0.4 is 11.2 Å². The molecule has 3 N–H and O–H groups in total. The fraction of sp³-hybridized carbons (Fsp3) is 0.143. The van der Waals surface area contributed by atoms with Crippen LogP contribution in [0.25, 0.3) is 0 Å². The van der Waals surface area contributed by atoms with Gasteiger partial charge in [0.05, 0.1) is 29.0 Å². The molecule has 0 saturated carbocycles. The number of hydrogen-bond donors (Lipinski definition) is 2.